The van der Waals surface area contributed by atoms with Crippen LogP contribution in [0.2, 0.25) is 0 Å². The fraction of sp³-hybridized carbons (Fsp3) is 0.194. The van der Waals surface area contributed by atoms with Gasteiger partial charge >= 0.3 is 11.9 Å². The van der Waals surface area contributed by atoms with Crippen molar-refractivity contribution < 1.29 is 46.5 Å². The average Bonchev–Trinajstić information content (AvgIpc) is 3.05. The number of benzene rings is 4. The Hall–Kier alpha value is -3.71. The van der Waals surface area contributed by atoms with E-state index >= 15 is 0 Å². The standard InChI is InChI=1S/C12H11Cl2FO2.C11H11FO3.C7H6BrF.C6H4BrFO/c1-3-17-12(16)10(11(13)14)8-4-5-9(15)7(2)6-8;1-3-15-11(14)10(13)8-4-5-9(12)7(2)6-8;1-5-4-6(8)2-3-7(5)9;7-4-1-2-5(8)6(9)3-4/h4-6H,3H2,1-2H3;4-6H,3H2,1-2H3;2-4H,1H3;1-3,9H. The van der Waals surface area contributed by atoms with Crippen LogP contribution < -0.4 is 0 Å². The Morgan fingerprint density at radius 3 is 1.42 bits per heavy atom. The van der Waals surface area contributed by atoms with Crippen molar-refractivity contribution in [3.63, 3.8) is 0 Å². The van der Waals surface area contributed by atoms with Crippen molar-refractivity contribution in [3.8, 4) is 5.75 Å². The van der Waals surface area contributed by atoms with Gasteiger partial charge in [-0.05, 0) is 124 Å². The van der Waals surface area contributed by atoms with Gasteiger partial charge in [-0.2, -0.15) is 0 Å². The van der Waals surface area contributed by atoms with Gasteiger partial charge in [-0.15, -0.1) is 0 Å². The van der Waals surface area contributed by atoms with Gasteiger partial charge in [0.25, 0.3) is 5.78 Å². The van der Waals surface area contributed by atoms with E-state index in [1.54, 1.807) is 39.8 Å². The fourth-order valence-electron chi connectivity index (χ4n) is 3.50. The topological polar surface area (TPSA) is 89.9 Å². The second-order valence-corrected chi connectivity index (χ2v) is 12.6. The van der Waals surface area contributed by atoms with Crippen LogP contribution in [0.5, 0.6) is 5.75 Å². The Balaban J connectivity index is 0.000000346. The lowest BCUT2D eigenvalue weighted by Gasteiger charge is -2.08. The van der Waals surface area contributed by atoms with E-state index in [9.17, 15) is 31.9 Å². The molecule has 268 valence electrons. The number of halogens is 8. The summed E-state index contributed by atoms with van der Waals surface area (Å²) >= 11 is 17.6. The number of aryl methyl sites for hydroxylation is 3. The number of hydrogen-bond acceptors (Lipinski definition) is 6. The summed E-state index contributed by atoms with van der Waals surface area (Å²) in [6.07, 6.45) is 0. The van der Waals surface area contributed by atoms with Gasteiger partial charge in [0.05, 0.1) is 18.8 Å². The molecule has 6 nitrogen and oxygen atoms in total. The highest BCUT2D eigenvalue weighted by molar-refractivity contribution is 9.10. The molecule has 4 rings (SSSR count). The number of phenols is 1. The summed E-state index contributed by atoms with van der Waals surface area (Å²) < 4.78 is 61.5. The molecule has 50 heavy (non-hydrogen) atoms. The van der Waals surface area contributed by atoms with Gasteiger partial charge in [-0.1, -0.05) is 61.1 Å². The first-order chi connectivity index (χ1) is 23.4. The molecule has 0 fully saturated rings. The summed E-state index contributed by atoms with van der Waals surface area (Å²) in [4.78, 5) is 34.1. The number of ketones is 1. The number of phenolic OH excluding ortho intramolecular Hbond substituents is 1. The van der Waals surface area contributed by atoms with Gasteiger partial charge in [0.2, 0.25) is 0 Å². The maximum atomic E-state index is 13.1. The van der Waals surface area contributed by atoms with E-state index in [1.807, 2.05) is 0 Å². The van der Waals surface area contributed by atoms with Crippen LogP contribution in [-0.4, -0.2) is 36.0 Å². The third-order valence-corrected chi connectivity index (χ3v) is 7.39. The highest BCUT2D eigenvalue weighted by Crippen LogP contribution is 2.27. The van der Waals surface area contributed by atoms with Crippen LogP contribution in [0.3, 0.4) is 0 Å². The first-order valence-corrected chi connectivity index (χ1v) is 16.8. The van der Waals surface area contributed by atoms with Gasteiger partial charge in [-0.25, -0.2) is 27.2 Å². The number of ether oxygens (including phenoxy) is 2. The minimum absolute atomic E-state index is 0.0401. The number of carbonyl (C=O) groups is 3. The molecule has 14 heteroatoms. The minimum Gasteiger partial charge on any atom is -0.505 e. The van der Waals surface area contributed by atoms with Gasteiger partial charge in [0.1, 0.15) is 21.9 Å². The second kappa shape index (κ2) is 22.2. The molecule has 0 saturated heterocycles. The van der Waals surface area contributed by atoms with Gasteiger partial charge < -0.3 is 14.6 Å². The number of aromatic hydroxyl groups is 1. The maximum absolute atomic E-state index is 13.1. The molecule has 0 heterocycles. The van der Waals surface area contributed by atoms with Crippen LogP contribution in [0.1, 0.15) is 46.5 Å². The SMILES string of the molecule is CCOC(=O)C(=C(Cl)Cl)c1ccc(F)c(C)c1.CCOC(=O)C(=O)c1ccc(F)c(C)c1.Cc1cc(Br)ccc1F.Oc1cc(Br)ccc1F. The lowest BCUT2D eigenvalue weighted by atomic mass is 10.0. The molecule has 0 amide bonds. The highest BCUT2D eigenvalue weighted by atomic mass is 79.9. The third-order valence-electron chi connectivity index (χ3n) is 6.02. The molecular formula is C36H32Br2Cl2F4O6. The Bertz CT molecular complexity index is 1780. The minimum atomic E-state index is -0.913. The van der Waals surface area contributed by atoms with Crippen molar-refractivity contribution in [3.05, 3.63) is 137 Å². The van der Waals surface area contributed by atoms with E-state index in [0.29, 0.717) is 26.7 Å². The van der Waals surface area contributed by atoms with E-state index in [2.05, 4.69) is 36.6 Å². The van der Waals surface area contributed by atoms with Crippen molar-refractivity contribution >= 4 is 78.4 Å². The lowest BCUT2D eigenvalue weighted by molar-refractivity contribution is -0.137. The van der Waals surface area contributed by atoms with Crippen LogP contribution in [0.4, 0.5) is 17.6 Å². The number of Topliss-reactive ketones (excluding diaryl/α,β-unsaturated/α-hetero) is 1. The highest BCUT2D eigenvalue weighted by Gasteiger charge is 2.19. The molecule has 0 unspecified atom stereocenters. The normalized spacial score (nSPS) is 9.78. The molecule has 0 aliphatic rings. The molecule has 0 radical (unpaired) electrons. The van der Waals surface area contributed by atoms with E-state index < -0.39 is 29.4 Å². The zero-order valence-electron chi connectivity index (χ0n) is 27.4. The summed E-state index contributed by atoms with van der Waals surface area (Å²) in [6, 6.07) is 16.8. The second-order valence-electron chi connectivity index (χ2n) is 9.82. The predicted molar refractivity (Wildman–Crippen MR) is 193 cm³/mol. The van der Waals surface area contributed by atoms with Crippen LogP contribution in [-0.2, 0) is 19.1 Å². The Morgan fingerprint density at radius 1 is 0.620 bits per heavy atom. The van der Waals surface area contributed by atoms with Crippen molar-refractivity contribution in [2.75, 3.05) is 13.2 Å². The molecule has 1 N–H and O–H groups in total. The first-order valence-electron chi connectivity index (χ1n) is 14.4. The predicted octanol–water partition coefficient (Wildman–Crippen LogP) is 10.9. The summed E-state index contributed by atoms with van der Waals surface area (Å²) in [6.45, 7) is 8.49. The summed E-state index contributed by atoms with van der Waals surface area (Å²) in [7, 11) is 0. The van der Waals surface area contributed by atoms with Crippen LogP contribution >= 0.6 is 55.1 Å². The van der Waals surface area contributed by atoms with Gasteiger partial charge in [0, 0.05) is 14.5 Å². The lowest BCUT2D eigenvalue weighted by Crippen LogP contribution is -2.17. The zero-order valence-corrected chi connectivity index (χ0v) is 32.0. The number of rotatable bonds is 6. The molecule has 0 aliphatic heterocycles. The summed E-state index contributed by atoms with van der Waals surface area (Å²) in [5.41, 5.74) is 2.02. The molecule has 4 aromatic carbocycles. The number of hydrogen-bond donors (Lipinski definition) is 1. The molecular weight excluding hydrogens is 835 g/mol. The van der Waals surface area contributed by atoms with Crippen LogP contribution in [0.15, 0.2) is 86.2 Å². The van der Waals surface area contributed by atoms with Crippen molar-refractivity contribution in [2.45, 2.75) is 34.6 Å². The fourth-order valence-corrected chi connectivity index (χ4v) is 4.70. The van der Waals surface area contributed by atoms with Crippen molar-refractivity contribution in [1.82, 2.24) is 0 Å². The summed E-state index contributed by atoms with van der Waals surface area (Å²) in [5, 5.41) is 8.70. The van der Waals surface area contributed by atoms with Gasteiger partial charge in [-0.3, -0.25) is 4.79 Å². The Labute approximate surface area is 314 Å². The molecule has 0 aromatic heterocycles. The summed E-state index contributed by atoms with van der Waals surface area (Å²) in [5.74, 6) is -4.14. The molecule has 0 saturated carbocycles. The van der Waals surface area contributed by atoms with Crippen molar-refractivity contribution in [1.29, 1.82) is 0 Å². The third kappa shape index (κ3) is 15.0. The monoisotopic (exact) mass is 864 g/mol. The Kier molecular flexibility index (Phi) is 19.7. The molecule has 0 aliphatic carbocycles. The van der Waals surface area contributed by atoms with Gasteiger partial charge in [0.15, 0.2) is 11.6 Å². The smallest absolute Gasteiger partial charge is 0.379 e. The zero-order chi connectivity index (χ0) is 38.1. The average molecular weight is 867 g/mol. The maximum Gasteiger partial charge on any atom is 0.379 e. The number of carbonyl (C=O) groups excluding carboxylic acids is 3. The van der Waals surface area contributed by atoms with E-state index in [-0.39, 0.29) is 46.2 Å². The molecule has 4 aromatic rings. The quantitative estimate of drug-likeness (QED) is 0.0683. The van der Waals surface area contributed by atoms with Crippen molar-refractivity contribution in [2.24, 2.45) is 0 Å². The largest absolute Gasteiger partial charge is 0.505 e. The molecule has 0 spiro atoms. The first kappa shape index (κ1) is 44.3. The van der Waals surface area contributed by atoms with E-state index in [0.717, 1.165) is 10.5 Å². The Morgan fingerprint density at radius 2 is 1.02 bits per heavy atom. The molecule has 0 atom stereocenters. The van der Waals surface area contributed by atoms with E-state index in [1.165, 1.54) is 61.5 Å². The molecule has 0 bridgehead atoms. The van der Waals surface area contributed by atoms with Crippen LogP contribution in [0.25, 0.3) is 5.57 Å². The number of esters is 2. The van der Waals surface area contributed by atoms with Crippen LogP contribution in [0, 0.1) is 44.0 Å². The van der Waals surface area contributed by atoms with E-state index in [4.69, 9.17) is 33.0 Å².